The molecule has 0 saturated carbocycles. The Hall–Kier alpha value is -3.84. The molecule has 31 heavy (non-hydrogen) atoms. The van der Waals surface area contributed by atoms with Gasteiger partial charge in [0, 0.05) is 22.3 Å². The molecular formula is C30H25N. The normalized spacial score (nSPS) is 11.0. The van der Waals surface area contributed by atoms with Gasteiger partial charge in [-0.3, -0.25) is 0 Å². The van der Waals surface area contributed by atoms with Gasteiger partial charge in [-0.15, -0.1) is 0 Å². The Balaban J connectivity index is 1.81. The summed E-state index contributed by atoms with van der Waals surface area (Å²) in [5.41, 5.74) is 6.90. The molecule has 0 aliphatic carbocycles. The smallest absolute Gasteiger partial charge is 0.0540 e. The number of rotatable bonds is 4. The molecule has 0 unspecified atom stereocenters. The van der Waals surface area contributed by atoms with Crippen LogP contribution in [0.25, 0.3) is 27.2 Å². The molecule has 0 aliphatic heterocycles. The second kappa shape index (κ2) is 7.77. The highest BCUT2D eigenvalue weighted by atomic mass is 15.2. The fourth-order valence-electron chi connectivity index (χ4n) is 4.50. The summed E-state index contributed by atoms with van der Waals surface area (Å²) >= 11 is 0. The van der Waals surface area contributed by atoms with Crippen molar-refractivity contribution in [1.82, 2.24) is 0 Å². The van der Waals surface area contributed by atoms with Crippen LogP contribution >= 0.6 is 0 Å². The molecule has 0 spiro atoms. The van der Waals surface area contributed by atoms with Gasteiger partial charge in [-0.2, -0.15) is 0 Å². The van der Waals surface area contributed by atoms with Crippen molar-refractivity contribution >= 4 is 38.6 Å². The molecule has 1 nitrogen and oxygen atoms in total. The molecule has 5 aromatic rings. The molecule has 0 aromatic heterocycles. The van der Waals surface area contributed by atoms with Crippen LogP contribution < -0.4 is 4.90 Å². The highest BCUT2D eigenvalue weighted by molar-refractivity contribution is 6.04. The third kappa shape index (κ3) is 3.29. The van der Waals surface area contributed by atoms with Crippen molar-refractivity contribution < 1.29 is 0 Å². The number of hydrogen-bond acceptors (Lipinski definition) is 1. The number of fused-ring (bicyclic) bond motifs is 2. The molecule has 1 heteroatoms. The Bertz CT molecular complexity index is 1420. The molecule has 5 aromatic carbocycles. The molecule has 0 aliphatic rings. The average Bonchev–Trinajstić information content (AvgIpc) is 2.81. The Labute approximate surface area is 183 Å². The Morgan fingerprint density at radius 3 is 1.97 bits per heavy atom. The first-order valence-electron chi connectivity index (χ1n) is 10.7. The van der Waals surface area contributed by atoms with E-state index in [1.807, 2.05) is 0 Å². The third-order valence-electron chi connectivity index (χ3n) is 6.14. The molecule has 0 bridgehead atoms. The first-order chi connectivity index (χ1) is 15.1. The molecule has 0 saturated heterocycles. The molecule has 0 amide bonds. The highest BCUT2D eigenvalue weighted by Gasteiger charge is 2.20. The standard InChI is InChI=1S/C30H25N/c1-21-11-4-7-15-26(21)23(3)31(30-18-10-14-24-12-6-9-17-28(24)30)29-20-19-25-13-5-8-16-27(25)22(29)2/h4-20H,3H2,1-2H3. The van der Waals surface area contributed by atoms with Gasteiger partial charge in [0.2, 0.25) is 0 Å². The monoisotopic (exact) mass is 399 g/mol. The van der Waals surface area contributed by atoms with Crippen LogP contribution in [0.4, 0.5) is 11.4 Å². The molecule has 0 fully saturated rings. The summed E-state index contributed by atoms with van der Waals surface area (Å²) in [5, 5.41) is 4.96. The minimum Gasteiger partial charge on any atom is -0.310 e. The van der Waals surface area contributed by atoms with Crippen LogP contribution in [0.5, 0.6) is 0 Å². The van der Waals surface area contributed by atoms with Crippen LogP contribution in [0.15, 0.2) is 110 Å². The molecule has 0 radical (unpaired) electrons. The van der Waals surface area contributed by atoms with E-state index >= 15 is 0 Å². The number of benzene rings is 5. The second-order valence-corrected chi connectivity index (χ2v) is 8.03. The number of nitrogens with zero attached hydrogens (tertiary/aromatic N) is 1. The van der Waals surface area contributed by atoms with Crippen LogP contribution in [0, 0.1) is 13.8 Å². The lowest BCUT2D eigenvalue weighted by atomic mass is 9.99. The van der Waals surface area contributed by atoms with E-state index in [0.29, 0.717) is 0 Å². The van der Waals surface area contributed by atoms with Gasteiger partial charge in [-0.1, -0.05) is 97.6 Å². The van der Waals surface area contributed by atoms with Gasteiger partial charge in [0.1, 0.15) is 0 Å². The van der Waals surface area contributed by atoms with E-state index in [1.54, 1.807) is 0 Å². The van der Waals surface area contributed by atoms with E-state index in [2.05, 4.69) is 128 Å². The van der Waals surface area contributed by atoms with Crippen molar-refractivity contribution in [3.63, 3.8) is 0 Å². The molecule has 0 atom stereocenters. The van der Waals surface area contributed by atoms with Gasteiger partial charge in [-0.25, -0.2) is 0 Å². The largest absolute Gasteiger partial charge is 0.310 e. The van der Waals surface area contributed by atoms with Gasteiger partial charge in [0.15, 0.2) is 0 Å². The fourth-order valence-corrected chi connectivity index (χ4v) is 4.50. The summed E-state index contributed by atoms with van der Waals surface area (Å²) < 4.78 is 0. The summed E-state index contributed by atoms with van der Waals surface area (Å²) in [4.78, 5) is 2.33. The Morgan fingerprint density at radius 2 is 1.19 bits per heavy atom. The average molecular weight is 400 g/mol. The van der Waals surface area contributed by atoms with Crippen LogP contribution in [-0.2, 0) is 0 Å². The lowest BCUT2D eigenvalue weighted by Crippen LogP contribution is -2.17. The minimum atomic E-state index is 0.979. The van der Waals surface area contributed by atoms with Crippen molar-refractivity contribution in [2.45, 2.75) is 13.8 Å². The Morgan fingerprint density at radius 1 is 0.581 bits per heavy atom. The van der Waals surface area contributed by atoms with Crippen molar-refractivity contribution in [3.8, 4) is 0 Å². The number of anilines is 2. The van der Waals surface area contributed by atoms with Gasteiger partial charge >= 0.3 is 0 Å². The predicted octanol–water partition coefficient (Wildman–Crippen LogP) is 8.42. The maximum atomic E-state index is 4.59. The van der Waals surface area contributed by atoms with Crippen molar-refractivity contribution in [2.75, 3.05) is 4.90 Å². The van der Waals surface area contributed by atoms with Crippen molar-refractivity contribution in [1.29, 1.82) is 0 Å². The Kier molecular flexibility index (Phi) is 4.80. The zero-order valence-corrected chi connectivity index (χ0v) is 18.0. The molecule has 0 heterocycles. The molecule has 150 valence electrons. The first kappa shape index (κ1) is 19.1. The van der Waals surface area contributed by atoms with E-state index in [4.69, 9.17) is 0 Å². The van der Waals surface area contributed by atoms with E-state index in [1.165, 1.54) is 32.7 Å². The number of hydrogen-bond donors (Lipinski definition) is 0. The zero-order valence-electron chi connectivity index (χ0n) is 18.0. The van der Waals surface area contributed by atoms with E-state index in [-0.39, 0.29) is 0 Å². The maximum absolute atomic E-state index is 4.59. The highest BCUT2D eigenvalue weighted by Crippen LogP contribution is 2.41. The van der Waals surface area contributed by atoms with Gasteiger partial charge in [0.05, 0.1) is 5.69 Å². The zero-order chi connectivity index (χ0) is 21.4. The van der Waals surface area contributed by atoms with Crippen molar-refractivity contribution in [3.05, 3.63) is 126 Å². The van der Waals surface area contributed by atoms with E-state index < -0.39 is 0 Å². The topological polar surface area (TPSA) is 3.24 Å². The predicted molar refractivity (Wildman–Crippen MR) is 135 cm³/mol. The van der Waals surface area contributed by atoms with E-state index in [0.717, 1.165) is 22.6 Å². The summed E-state index contributed by atoms with van der Waals surface area (Å²) in [5.74, 6) is 0. The summed E-state index contributed by atoms with van der Waals surface area (Å²) in [7, 11) is 0. The number of aryl methyl sites for hydroxylation is 2. The molecule has 5 rings (SSSR count). The summed E-state index contributed by atoms with van der Waals surface area (Å²) in [6.45, 7) is 8.95. The van der Waals surface area contributed by atoms with Gasteiger partial charge in [0.25, 0.3) is 0 Å². The fraction of sp³-hybridized carbons (Fsp3) is 0.0667. The second-order valence-electron chi connectivity index (χ2n) is 8.03. The minimum absolute atomic E-state index is 0.979. The lowest BCUT2D eigenvalue weighted by Gasteiger charge is -2.31. The third-order valence-corrected chi connectivity index (χ3v) is 6.14. The van der Waals surface area contributed by atoms with Crippen LogP contribution in [0.1, 0.15) is 16.7 Å². The summed E-state index contributed by atoms with van der Waals surface area (Å²) in [6.07, 6.45) is 0. The van der Waals surface area contributed by atoms with Crippen LogP contribution in [-0.4, -0.2) is 0 Å². The lowest BCUT2D eigenvalue weighted by molar-refractivity contribution is 1.27. The first-order valence-corrected chi connectivity index (χ1v) is 10.7. The van der Waals surface area contributed by atoms with Crippen LogP contribution in [0.2, 0.25) is 0 Å². The summed E-state index contributed by atoms with van der Waals surface area (Å²) in [6, 6.07) is 36.5. The van der Waals surface area contributed by atoms with Crippen LogP contribution in [0.3, 0.4) is 0 Å². The van der Waals surface area contributed by atoms with Crippen molar-refractivity contribution in [2.24, 2.45) is 0 Å². The van der Waals surface area contributed by atoms with Gasteiger partial charge < -0.3 is 4.90 Å². The SMILES string of the molecule is C=C(c1ccccc1C)N(c1ccc2ccccc2c1C)c1cccc2ccccc12. The van der Waals surface area contributed by atoms with E-state index in [9.17, 15) is 0 Å². The van der Waals surface area contributed by atoms with Gasteiger partial charge in [-0.05, 0) is 53.3 Å². The molecular weight excluding hydrogens is 374 g/mol. The quantitative estimate of drug-likeness (QED) is 0.293. The maximum Gasteiger partial charge on any atom is 0.0540 e. The molecule has 0 N–H and O–H groups in total.